The minimum atomic E-state index is -0.0682. The van der Waals surface area contributed by atoms with Crippen LogP contribution in [-0.4, -0.2) is 50.2 Å². The fourth-order valence-corrected chi connectivity index (χ4v) is 3.36. The van der Waals surface area contributed by atoms with Gasteiger partial charge in [-0.3, -0.25) is 4.79 Å². The van der Waals surface area contributed by atoms with Gasteiger partial charge in [-0.1, -0.05) is 17.3 Å². The lowest BCUT2D eigenvalue weighted by Gasteiger charge is -2.15. The van der Waals surface area contributed by atoms with Crippen molar-refractivity contribution in [2.24, 2.45) is 7.05 Å². The molecule has 1 unspecified atom stereocenters. The van der Waals surface area contributed by atoms with E-state index in [-0.39, 0.29) is 11.8 Å². The standard InChI is InChI=1S/C20H23N5O3/c1-14-4-3-5-16(12-14)27-11-7-17-22-19(28-23-17)15-6-9-25(13-15)20(26)18-21-8-10-24(18)2/h3-5,8,10,12,15H,6-7,9,11,13H2,1-2H3. The molecule has 0 N–H and O–H groups in total. The molecule has 1 amide bonds. The molecule has 0 bridgehead atoms. The molecule has 146 valence electrons. The van der Waals surface area contributed by atoms with Crippen LogP contribution < -0.4 is 4.74 Å². The summed E-state index contributed by atoms with van der Waals surface area (Å²) in [5, 5.41) is 4.06. The van der Waals surface area contributed by atoms with E-state index in [1.807, 2.05) is 38.2 Å². The Labute approximate surface area is 163 Å². The van der Waals surface area contributed by atoms with E-state index in [0.29, 0.717) is 43.7 Å². The number of hydrogen-bond donors (Lipinski definition) is 0. The average Bonchev–Trinajstić information content (AvgIpc) is 3.41. The fourth-order valence-electron chi connectivity index (χ4n) is 3.36. The number of nitrogens with zero attached hydrogens (tertiary/aromatic N) is 5. The predicted molar refractivity (Wildman–Crippen MR) is 101 cm³/mol. The Morgan fingerprint density at radius 1 is 1.39 bits per heavy atom. The van der Waals surface area contributed by atoms with Gasteiger partial charge in [-0.2, -0.15) is 4.98 Å². The minimum Gasteiger partial charge on any atom is -0.493 e. The highest BCUT2D eigenvalue weighted by molar-refractivity contribution is 5.91. The van der Waals surface area contributed by atoms with E-state index in [1.165, 1.54) is 0 Å². The SMILES string of the molecule is Cc1cccc(OCCc2noc(C3CCN(C(=O)c4nccn4C)C3)n2)c1. The number of carbonyl (C=O) groups excluding carboxylic acids is 1. The van der Waals surface area contributed by atoms with E-state index in [1.54, 1.807) is 21.9 Å². The molecule has 0 aliphatic carbocycles. The first-order valence-corrected chi connectivity index (χ1v) is 9.38. The molecule has 0 saturated carbocycles. The summed E-state index contributed by atoms with van der Waals surface area (Å²) in [5.74, 6) is 2.48. The summed E-state index contributed by atoms with van der Waals surface area (Å²) in [6.07, 6.45) is 4.77. The number of carbonyl (C=O) groups is 1. The van der Waals surface area contributed by atoms with Gasteiger partial charge in [0.25, 0.3) is 5.91 Å². The molecule has 4 rings (SSSR count). The van der Waals surface area contributed by atoms with Crippen LogP contribution >= 0.6 is 0 Å². The lowest BCUT2D eigenvalue weighted by atomic mass is 10.1. The van der Waals surface area contributed by atoms with Crippen molar-refractivity contribution in [2.45, 2.75) is 25.7 Å². The van der Waals surface area contributed by atoms with Crippen LogP contribution in [0.5, 0.6) is 5.75 Å². The first kappa shape index (κ1) is 18.2. The number of amides is 1. The second kappa shape index (κ2) is 7.84. The van der Waals surface area contributed by atoms with Crippen molar-refractivity contribution in [3.63, 3.8) is 0 Å². The molecule has 1 aromatic carbocycles. The third kappa shape index (κ3) is 3.90. The van der Waals surface area contributed by atoms with Crippen LogP contribution in [0.3, 0.4) is 0 Å². The van der Waals surface area contributed by atoms with Gasteiger partial charge in [0.2, 0.25) is 5.89 Å². The Morgan fingerprint density at radius 2 is 2.29 bits per heavy atom. The van der Waals surface area contributed by atoms with E-state index in [9.17, 15) is 4.79 Å². The summed E-state index contributed by atoms with van der Waals surface area (Å²) in [7, 11) is 1.82. The lowest BCUT2D eigenvalue weighted by molar-refractivity contribution is 0.0774. The van der Waals surface area contributed by atoms with E-state index < -0.39 is 0 Å². The summed E-state index contributed by atoms with van der Waals surface area (Å²) in [5.41, 5.74) is 1.16. The van der Waals surface area contributed by atoms with Crippen molar-refractivity contribution >= 4 is 5.91 Å². The molecule has 2 aromatic heterocycles. The zero-order chi connectivity index (χ0) is 19.5. The highest BCUT2D eigenvalue weighted by Gasteiger charge is 2.32. The first-order chi connectivity index (χ1) is 13.6. The van der Waals surface area contributed by atoms with E-state index >= 15 is 0 Å². The smallest absolute Gasteiger partial charge is 0.289 e. The topological polar surface area (TPSA) is 86.3 Å². The van der Waals surface area contributed by atoms with Crippen LogP contribution in [-0.2, 0) is 13.5 Å². The predicted octanol–water partition coefficient (Wildman–Crippen LogP) is 2.36. The number of rotatable bonds is 6. The average molecular weight is 381 g/mol. The Kier molecular flexibility index (Phi) is 5.10. The van der Waals surface area contributed by atoms with Gasteiger partial charge in [-0.25, -0.2) is 4.98 Å². The van der Waals surface area contributed by atoms with Crippen molar-refractivity contribution in [2.75, 3.05) is 19.7 Å². The number of benzene rings is 1. The number of likely N-dealkylation sites (tertiary alicyclic amines) is 1. The molecule has 8 heteroatoms. The van der Waals surface area contributed by atoms with Crippen LogP contribution in [0.15, 0.2) is 41.2 Å². The summed E-state index contributed by atoms with van der Waals surface area (Å²) in [6, 6.07) is 7.92. The normalized spacial score (nSPS) is 16.5. The maximum absolute atomic E-state index is 12.6. The monoisotopic (exact) mass is 381 g/mol. The molecule has 3 aromatic rings. The Morgan fingerprint density at radius 3 is 3.07 bits per heavy atom. The van der Waals surface area contributed by atoms with E-state index in [2.05, 4.69) is 15.1 Å². The third-order valence-electron chi connectivity index (χ3n) is 4.90. The minimum absolute atomic E-state index is 0.0585. The van der Waals surface area contributed by atoms with Gasteiger partial charge in [0.1, 0.15) is 5.75 Å². The molecule has 8 nitrogen and oxygen atoms in total. The molecule has 28 heavy (non-hydrogen) atoms. The highest BCUT2D eigenvalue weighted by atomic mass is 16.5. The van der Waals surface area contributed by atoms with Gasteiger partial charge >= 0.3 is 0 Å². The van der Waals surface area contributed by atoms with Crippen LogP contribution in [0, 0.1) is 6.92 Å². The largest absolute Gasteiger partial charge is 0.493 e. The van der Waals surface area contributed by atoms with Crippen LogP contribution in [0.2, 0.25) is 0 Å². The molecule has 0 spiro atoms. The van der Waals surface area contributed by atoms with Crippen molar-refractivity contribution < 1.29 is 14.1 Å². The van der Waals surface area contributed by atoms with Crippen LogP contribution in [0.4, 0.5) is 0 Å². The molecular formula is C20H23N5O3. The molecular weight excluding hydrogens is 358 g/mol. The van der Waals surface area contributed by atoms with Gasteiger partial charge in [-0.05, 0) is 31.0 Å². The van der Waals surface area contributed by atoms with Crippen molar-refractivity contribution in [1.29, 1.82) is 0 Å². The maximum Gasteiger partial charge on any atom is 0.289 e. The molecule has 1 aliphatic heterocycles. The first-order valence-electron chi connectivity index (χ1n) is 9.38. The molecule has 3 heterocycles. The van der Waals surface area contributed by atoms with Gasteiger partial charge in [0.05, 0.1) is 12.5 Å². The zero-order valence-electron chi connectivity index (χ0n) is 16.0. The molecule has 1 fully saturated rings. The summed E-state index contributed by atoms with van der Waals surface area (Å²) in [6.45, 7) is 3.73. The summed E-state index contributed by atoms with van der Waals surface area (Å²) >= 11 is 0. The number of ether oxygens (including phenoxy) is 1. The summed E-state index contributed by atoms with van der Waals surface area (Å²) < 4.78 is 12.9. The lowest BCUT2D eigenvalue weighted by Crippen LogP contribution is -2.30. The maximum atomic E-state index is 12.6. The second-order valence-corrected chi connectivity index (χ2v) is 7.06. The van der Waals surface area contributed by atoms with Gasteiger partial charge in [-0.15, -0.1) is 0 Å². The number of imidazole rings is 1. The quantitative estimate of drug-likeness (QED) is 0.652. The molecule has 1 saturated heterocycles. The van der Waals surface area contributed by atoms with E-state index in [4.69, 9.17) is 9.26 Å². The van der Waals surface area contributed by atoms with E-state index in [0.717, 1.165) is 17.7 Å². The van der Waals surface area contributed by atoms with Crippen LogP contribution in [0.25, 0.3) is 0 Å². The van der Waals surface area contributed by atoms with Gasteiger partial charge in [0, 0.05) is 39.0 Å². The van der Waals surface area contributed by atoms with Crippen LogP contribution in [0.1, 0.15) is 40.2 Å². The molecule has 1 aliphatic rings. The summed E-state index contributed by atoms with van der Waals surface area (Å²) in [4.78, 5) is 23.0. The molecule has 0 radical (unpaired) electrons. The fraction of sp³-hybridized carbons (Fsp3) is 0.400. The Hall–Kier alpha value is -3.16. The number of hydrogen-bond acceptors (Lipinski definition) is 6. The zero-order valence-corrected chi connectivity index (χ0v) is 16.0. The second-order valence-electron chi connectivity index (χ2n) is 7.06. The van der Waals surface area contributed by atoms with Gasteiger partial charge in [0.15, 0.2) is 11.6 Å². The molecule has 1 atom stereocenters. The Balaban J connectivity index is 1.31. The number of aryl methyl sites for hydroxylation is 2. The number of aromatic nitrogens is 4. The van der Waals surface area contributed by atoms with Crippen molar-refractivity contribution in [3.8, 4) is 5.75 Å². The van der Waals surface area contributed by atoms with Crippen molar-refractivity contribution in [1.82, 2.24) is 24.6 Å². The highest BCUT2D eigenvalue weighted by Crippen LogP contribution is 2.27. The Bertz CT molecular complexity index is 964. The van der Waals surface area contributed by atoms with Gasteiger partial charge < -0.3 is 18.7 Å². The third-order valence-corrected chi connectivity index (χ3v) is 4.90. The van der Waals surface area contributed by atoms with Crippen molar-refractivity contribution in [3.05, 3.63) is 59.8 Å².